The third-order valence-electron chi connectivity index (χ3n) is 3.34. The van der Waals surface area contributed by atoms with Crippen molar-refractivity contribution in [2.24, 2.45) is 0 Å². The smallest absolute Gasteiger partial charge is 0.348 e. The number of esters is 1. The Bertz CT molecular complexity index is 860. The van der Waals surface area contributed by atoms with Gasteiger partial charge in [0, 0.05) is 6.20 Å². The Morgan fingerprint density at radius 1 is 1.36 bits per heavy atom. The number of benzene rings is 1. The molecule has 0 atom stereocenters. The normalized spacial score (nSPS) is 10.8. The highest BCUT2D eigenvalue weighted by atomic mass is 32.1. The molecule has 4 nitrogen and oxygen atoms in total. The van der Waals surface area contributed by atoms with Crippen LogP contribution in [0.2, 0.25) is 0 Å². The Morgan fingerprint density at radius 3 is 2.91 bits per heavy atom. The molecule has 0 aliphatic rings. The summed E-state index contributed by atoms with van der Waals surface area (Å²) in [6.07, 6.45) is 2.22. The number of rotatable bonds is 3. The van der Waals surface area contributed by atoms with Crippen molar-refractivity contribution in [2.45, 2.75) is 6.42 Å². The summed E-state index contributed by atoms with van der Waals surface area (Å²) in [6.45, 7) is 0. The number of halogens is 1. The summed E-state index contributed by atoms with van der Waals surface area (Å²) in [5.74, 6) is -0.809. The SMILES string of the molecule is COC(=O)c1cc2nccc(Cc3ccc(N)c(F)c3)c2s1. The lowest BCUT2D eigenvalue weighted by Gasteiger charge is -2.04. The summed E-state index contributed by atoms with van der Waals surface area (Å²) in [7, 11) is 1.35. The molecular formula is C16H13FN2O2S. The second-order valence-electron chi connectivity index (χ2n) is 4.82. The van der Waals surface area contributed by atoms with E-state index in [-0.39, 0.29) is 11.7 Å². The van der Waals surface area contributed by atoms with Crippen LogP contribution in [0.4, 0.5) is 10.1 Å². The van der Waals surface area contributed by atoms with Gasteiger partial charge in [-0.15, -0.1) is 11.3 Å². The molecule has 1 aromatic carbocycles. The van der Waals surface area contributed by atoms with Crippen LogP contribution in [0.3, 0.4) is 0 Å². The first-order chi connectivity index (χ1) is 10.6. The summed E-state index contributed by atoms with van der Waals surface area (Å²) in [4.78, 5) is 16.4. The highest BCUT2D eigenvalue weighted by Gasteiger charge is 2.14. The lowest BCUT2D eigenvalue weighted by atomic mass is 10.0. The van der Waals surface area contributed by atoms with E-state index in [4.69, 9.17) is 10.5 Å². The van der Waals surface area contributed by atoms with Gasteiger partial charge in [-0.05, 0) is 41.8 Å². The fraction of sp³-hybridized carbons (Fsp3) is 0.125. The van der Waals surface area contributed by atoms with E-state index >= 15 is 0 Å². The van der Waals surface area contributed by atoms with Gasteiger partial charge < -0.3 is 10.5 Å². The van der Waals surface area contributed by atoms with Crippen molar-refractivity contribution >= 4 is 33.2 Å². The minimum Gasteiger partial charge on any atom is -0.465 e. The quantitative estimate of drug-likeness (QED) is 0.594. The fourth-order valence-corrected chi connectivity index (χ4v) is 3.28. The average Bonchev–Trinajstić information content (AvgIpc) is 2.95. The molecular weight excluding hydrogens is 303 g/mol. The zero-order valence-corrected chi connectivity index (χ0v) is 12.6. The number of nitrogens with two attached hydrogens (primary N) is 1. The summed E-state index contributed by atoms with van der Waals surface area (Å²) in [6, 6.07) is 8.35. The first-order valence-corrected chi connectivity index (χ1v) is 7.40. The molecule has 0 aliphatic carbocycles. The van der Waals surface area contributed by atoms with E-state index in [2.05, 4.69) is 4.98 Å². The Morgan fingerprint density at radius 2 is 2.18 bits per heavy atom. The van der Waals surface area contributed by atoms with E-state index in [1.165, 1.54) is 24.5 Å². The minimum absolute atomic E-state index is 0.132. The number of anilines is 1. The Balaban J connectivity index is 2.01. The van der Waals surface area contributed by atoms with Crippen LogP contribution in [0.25, 0.3) is 10.2 Å². The third kappa shape index (κ3) is 2.65. The minimum atomic E-state index is -0.427. The van der Waals surface area contributed by atoms with Gasteiger partial charge in [0.1, 0.15) is 10.7 Å². The number of hydrogen-bond acceptors (Lipinski definition) is 5. The van der Waals surface area contributed by atoms with E-state index < -0.39 is 5.82 Å². The fourth-order valence-electron chi connectivity index (χ4n) is 2.23. The molecule has 6 heteroatoms. The number of ether oxygens (including phenoxy) is 1. The largest absolute Gasteiger partial charge is 0.465 e. The maximum absolute atomic E-state index is 13.6. The van der Waals surface area contributed by atoms with Crippen LogP contribution in [-0.2, 0) is 11.2 Å². The van der Waals surface area contributed by atoms with Crippen LogP contribution >= 0.6 is 11.3 Å². The molecule has 0 spiro atoms. The van der Waals surface area contributed by atoms with E-state index in [1.54, 1.807) is 24.4 Å². The zero-order chi connectivity index (χ0) is 15.7. The molecule has 0 amide bonds. The molecule has 0 fully saturated rings. The summed E-state index contributed by atoms with van der Waals surface area (Å²) in [5, 5.41) is 0. The van der Waals surface area contributed by atoms with Gasteiger partial charge in [0.25, 0.3) is 0 Å². The van der Waals surface area contributed by atoms with E-state index in [0.717, 1.165) is 21.3 Å². The molecule has 2 N–H and O–H groups in total. The van der Waals surface area contributed by atoms with E-state index in [1.807, 2.05) is 6.07 Å². The van der Waals surface area contributed by atoms with Gasteiger partial charge in [-0.2, -0.15) is 0 Å². The predicted molar refractivity (Wildman–Crippen MR) is 84.6 cm³/mol. The summed E-state index contributed by atoms with van der Waals surface area (Å²) in [5.41, 5.74) is 8.15. The van der Waals surface area contributed by atoms with Crippen LogP contribution < -0.4 is 5.73 Å². The highest BCUT2D eigenvalue weighted by molar-refractivity contribution is 7.20. The van der Waals surface area contributed by atoms with Crippen molar-refractivity contribution in [2.75, 3.05) is 12.8 Å². The van der Waals surface area contributed by atoms with Crippen molar-refractivity contribution in [3.05, 3.63) is 58.3 Å². The van der Waals surface area contributed by atoms with Gasteiger partial charge in [0.15, 0.2) is 0 Å². The van der Waals surface area contributed by atoms with E-state index in [9.17, 15) is 9.18 Å². The number of carbonyl (C=O) groups excluding carboxylic acids is 1. The first-order valence-electron chi connectivity index (χ1n) is 6.58. The number of hydrogen-bond donors (Lipinski definition) is 1. The van der Waals surface area contributed by atoms with Crippen LogP contribution in [0.5, 0.6) is 0 Å². The van der Waals surface area contributed by atoms with Crippen molar-refractivity contribution in [1.82, 2.24) is 4.98 Å². The van der Waals surface area contributed by atoms with Gasteiger partial charge in [-0.1, -0.05) is 6.07 Å². The molecule has 2 heterocycles. The summed E-state index contributed by atoms with van der Waals surface area (Å²) >= 11 is 1.33. The van der Waals surface area contributed by atoms with Gasteiger partial charge in [-0.3, -0.25) is 4.98 Å². The number of pyridine rings is 1. The molecule has 3 rings (SSSR count). The standard InChI is InChI=1S/C16H13FN2O2S/c1-21-16(20)14-8-13-15(22-14)10(4-5-19-13)6-9-2-3-12(18)11(17)7-9/h2-5,7-8H,6,18H2,1H3. The number of carbonyl (C=O) groups is 1. The molecule has 0 radical (unpaired) electrons. The molecule has 112 valence electrons. The second-order valence-corrected chi connectivity index (χ2v) is 5.87. The van der Waals surface area contributed by atoms with Gasteiger partial charge in [-0.25, -0.2) is 9.18 Å². The van der Waals surface area contributed by atoms with Crippen molar-refractivity contribution in [1.29, 1.82) is 0 Å². The number of thiophene rings is 1. The second kappa shape index (κ2) is 5.73. The predicted octanol–water partition coefficient (Wildman–Crippen LogP) is 3.40. The van der Waals surface area contributed by atoms with Crippen LogP contribution in [0.15, 0.2) is 36.5 Å². The number of nitrogens with zero attached hydrogens (tertiary/aromatic N) is 1. The molecule has 2 aromatic heterocycles. The molecule has 0 saturated heterocycles. The lowest BCUT2D eigenvalue weighted by molar-refractivity contribution is 0.0606. The number of fused-ring (bicyclic) bond motifs is 1. The molecule has 0 saturated carbocycles. The molecule has 0 unspecified atom stereocenters. The number of nitrogen functional groups attached to an aromatic ring is 1. The van der Waals surface area contributed by atoms with Crippen molar-refractivity contribution < 1.29 is 13.9 Å². The molecule has 0 bridgehead atoms. The zero-order valence-electron chi connectivity index (χ0n) is 11.8. The number of aromatic nitrogens is 1. The molecule has 22 heavy (non-hydrogen) atoms. The molecule has 3 aromatic rings. The Hall–Kier alpha value is -2.47. The first kappa shape index (κ1) is 14.5. The number of methoxy groups -OCH3 is 1. The van der Waals surface area contributed by atoms with Gasteiger partial charge in [0.05, 0.1) is 23.0 Å². The topological polar surface area (TPSA) is 65.2 Å². The Kier molecular flexibility index (Phi) is 3.77. The monoisotopic (exact) mass is 316 g/mol. The summed E-state index contributed by atoms with van der Waals surface area (Å²) < 4.78 is 19.2. The molecule has 0 aliphatic heterocycles. The van der Waals surface area contributed by atoms with Crippen LogP contribution in [0.1, 0.15) is 20.8 Å². The van der Waals surface area contributed by atoms with Gasteiger partial charge in [0.2, 0.25) is 0 Å². The van der Waals surface area contributed by atoms with Crippen LogP contribution in [0, 0.1) is 5.82 Å². The van der Waals surface area contributed by atoms with E-state index in [0.29, 0.717) is 11.3 Å². The van der Waals surface area contributed by atoms with Crippen LogP contribution in [-0.4, -0.2) is 18.1 Å². The maximum Gasteiger partial charge on any atom is 0.348 e. The Labute approximate surface area is 130 Å². The maximum atomic E-state index is 13.6. The lowest BCUT2D eigenvalue weighted by Crippen LogP contribution is -1.96. The van der Waals surface area contributed by atoms with Gasteiger partial charge >= 0.3 is 5.97 Å². The van der Waals surface area contributed by atoms with Crippen molar-refractivity contribution in [3.63, 3.8) is 0 Å². The van der Waals surface area contributed by atoms with Crippen molar-refractivity contribution in [3.8, 4) is 0 Å². The highest BCUT2D eigenvalue weighted by Crippen LogP contribution is 2.29. The third-order valence-corrected chi connectivity index (χ3v) is 4.52. The average molecular weight is 316 g/mol.